The van der Waals surface area contributed by atoms with Crippen molar-refractivity contribution in [1.29, 1.82) is 5.26 Å². The smallest absolute Gasteiger partial charge is 0.306 e. The monoisotopic (exact) mass is 279 g/mol. The maximum Gasteiger partial charge on any atom is 0.306 e. The standard InChI is InChI=1S/C14H21N3O3/c1-14(2,3)20-12(18)7-6-11(16)13(19)17-8-4-5-10(17)9-15/h4-5,10-11H,6-8,16H2,1-3H3/t10-,11-/m0/s1. The SMILES string of the molecule is CC(C)(C)OC(=O)CC[C@H](N)C(=O)N1CC=C[C@H]1C#N. The van der Waals surface area contributed by atoms with Gasteiger partial charge in [0.15, 0.2) is 0 Å². The Morgan fingerprint density at radius 2 is 2.20 bits per heavy atom. The molecule has 1 amide bonds. The van der Waals surface area contributed by atoms with Crippen molar-refractivity contribution in [3.63, 3.8) is 0 Å². The Kier molecular flexibility index (Phi) is 5.28. The lowest BCUT2D eigenvalue weighted by molar-refractivity contribution is -0.155. The zero-order chi connectivity index (χ0) is 15.3. The van der Waals surface area contributed by atoms with E-state index in [4.69, 9.17) is 15.7 Å². The average molecular weight is 279 g/mol. The van der Waals surface area contributed by atoms with Crippen LogP contribution >= 0.6 is 0 Å². The summed E-state index contributed by atoms with van der Waals surface area (Å²) < 4.78 is 5.15. The Bertz CT molecular complexity index is 446. The molecule has 2 N–H and O–H groups in total. The number of nitrogens with two attached hydrogens (primary N) is 1. The zero-order valence-electron chi connectivity index (χ0n) is 12.1. The summed E-state index contributed by atoms with van der Waals surface area (Å²) in [6, 6.07) is 0.663. The molecular formula is C14H21N3O3. The molecule has 6 heteroatoms. The minimum Gasteiger partial charge on any atom is -0.460 e. The van der Waals surface area contributed by atoms with Gasteiger partial charge in [-0.15, -0.1) is 0 Å². The number of hydrogen-bond donors (Lipinski definition) is 1. The van der Waals surface area contributed by atoms with Crippen molar-refractivity contribution in [1.82, 2.24) is 4.90 Å². The summed E-state index contributed by atoms with van der Waals surface area (Å²) in [4.78, 5) is 25.0. The summed E-state index contributed by atoms with van der Waals surface area (Å²) in [5.74, 6) is -0.692. The molecule has 0 aliphatic carbocycles. The maximum atomic E-state index is 12.1. The Morgan fingerprint density at radius 1 is 1.55 bits per heavy atom. The van der Waals surface area contributed by atoms with E-state index >= 15 is 0 Å². The van der Waals surface area contributed by atoms with E-state index in [0.29, 0.717) is 6.54 Å². The van der Waals surface area contributed by atoms with Crippen molar-refractivity contribution in [2.24, 2.45) is 5.73 Å². The van der Waals surface area contributed by atoms with Crippen LogP contribution in [0.4, 0.5) is 0 Å². The van der Waals surface area contributed by atoms with Gasteiger partial charge in [-0.3, -0.25) is 9.59 Å². The molecule has 1 aliphatic rings. The van der Waals surface area contributed by atoms with Gasteiger partial charge in [-0.2, -0.15) is 5.26 Å². The molecule has 0 saturated heterocycles. The summed E-state index contributed by atoms with van der Waals surface area (Å²) in [6.45, 7) is 5.73. The number of carbonyl (C=O) groups excluding carboxylic acids is 2. The molecule has 0 unspecified atom stereocenters. The van der Waals surface area contributed by atoms with Crippen LogP contribution in [-0.4, -0.2) is 41.0 Å². The Hall–Kier alpha value is -1.87. The molecule has 1 heterocycles. The van der Waals surface area contributed by atoms with Crippen molar-refractivity contribution >= 4 is 11.9 Å². The second-order valence-corrected chi connectivity index (χ2v) is 5.72. The van der Waals surface area contributed by atoms with Gasteiger partial charge in [0.25, 0.3) is 0 Å². The summed E-state index contributed by atoms with van der Waals surface area (Å²) in [6.07, 6.45) is 3.72. The number of ether oxygens (including phenoxy) is 1. The molecule has 20 heavy (non-hydrogen) atoms. The third kappa shape index (κ3) is 4.67. The van der Waals surface area contributed by atoms with E-state index in [2.05, 4.69) is 0 Å². The number of carbonyl (C=O) groups is 2. The molecule has 1 rings (SSSR count). The van der Waals surface area contributed by atoms with Gasteiger partial charge < -0.3 is 15.4 Å². The lowest BCUT2D eigenvalue weighted by Gasteiger charge is -2.24. The van der Waals surface area contributed by atoms with Gasteiger partial charge in [0.2, 0.25) is 5.91 Å². The first kappa shape index (κ1) is 16.2. The first-order valence-electron chi connectivity index (χ1n) is 6.59. The molecule has 0 aromatic rings. The molecule has 0 aromatic heterocycles. The van der Waals surface area contributed by atoms with Crippen LogP contribution in [0.25, 0.3) is 0 Å². The van der Waals surface area contributed by atoms with Crippen LogP contribution < -0.4 is 5.73 Å². The van der Waals surface area contributed by atoms with E-state index in [1.165, 1.54) is 4.90 Å². The summed E-state index contributed by atoms with van der Waals surface area (Å²) in [5, 5.41) is 8.90. The molecule has 0 fully saturated rings. The quantitative estimate of drug-likeness (QED) is 0.604. The van der Waals surface area contributed by atoms with Crippen LogP contribution in [-0.2, 0) is 14.3 Å². The molecule has 1 aliphatic heterocycles. The molecule has 0 saturated carbocycles. The van der Waals surface area contributed by atoms with Crippen molar-refractivity contribution in [2.45, 2.75) is 51.3 Å². The lowest BCUT2D eigenvalue weighted by Crippen LogP contribution is -2.46. The van der Waals surface area contributed by atoms with Gasteiger partial charge >= 0.3 is 5.97 Å². The number of nitrogens with zero attached hydrogens (tertiary/aromatic N) is 2. The highest BCUT2D eigenvalue weighted by Crippen LogP contribution is 2.13. The zero-order valence-corrected chi connectivity index (χ0v) is 12.1. The second kappa shape index (κ2) is 6.53. The minimum absolute atomic E-state index is 0.0860. The molecule has 6 nitrogen and oxygen atoms in total. The van der Waals surface area contributed by atoms with E-state index in [-0.39, 0.29) is 24.7 Å². The highest BCUT2D eigenvalue weighted by atomic mass is 16.6. The molecule has 110 valence electrons. The molecule has 0 aromatic carbocycles. The fourth-order valence-electron chi connectivity index (χ4n) is 1.86. The van der Waals surface area contributed by atoms with Gasteiger partial charge in [0, 0.05) is 13.0 Å². The molecule has 0 spiro atoms. The van der Waals surface area contributed by atoms with Gasteiger partial charge in [-0.25, -0.2) is 0 Å². The van der Waals surface area contributed by atoms with Crippen molar-refractivity contribution in [2.75, 3.05) is 6.54 Å². The predicted molar refractivity (Wildman–Crippen MR) is 73.3 cm³/mol. The number of hydrogen-bond acceptors (Lipinski definition) is 5. The largest absolute Gasteiger partial charge is 0.460 e. The topological polar surface area (TPSA) is 96.4 Å². The molecule has 2 atom stereocenters. The van der Waals surface area contributed by atoms with E-state index in [0.717, 1.165) is 0 Å². The first-order valence-corrected chi connectivity index (χ1v) is 6.59. The van der Waals surface area contributed by atoms with Crippen LogP contribution in [0.15, 0.2) is 12.2 Å². The van der Waals surface area contributed by atoms with Crippen LogP contribution in [0.3, 0.4) is 0 Å². The predicted octanol–water partition coefficient (Wildman–Crippen LogP) is 0.726. The van der Waals surface area contributed by atoms with Gasteiger partial charge in [-0.05, 0) is 33.3 Å². The van der Waals surface area contributed by atoms with Crippen LogP contribution in [0.1, 0.15) is 33.6 Å². The number of esters is 1. The normalized spacial score (nSPS) is 19.6. The highest BCUT2D eigenvalue weighted by Gasteiger charge is 2.29. The first-order chi connectivity index (χ1) is 9.24. The Labute approximate surface area is 119 Å². The minimum atomic E-state index is -0.793. The van der Waals surface area contributed by atoms with E-state index < -0.39 is 17.7 Å². The third-order valence-corrected chi connectivity index (χ3v) is 2.77. The number of amides is 1. The van der Waals surface area contributed by atoms with Gasteiger partial charge in [-0.1, -0.05) is 6.08 Å². The van der Waals surface area contributed by atoms with Crippen molar-refractivity contribution < 1.29 is 14.3 Å². The van der Waals surface area contributed by atoms with Crippen LogP contribution in [0.2, 0.25) is 0 Å². The fourth-order valence-corrected chi connectivity index (χ4v) is 1.86. The van der Waals surface area contributed by atoms with Gasteiger partial charge in [0.1, 0.15) is 11.6 Å². The summed E-state index contributed by atoms with van der Waals surface area (Å²) in [7, 11) is 0. The Balaban J connectivity index is 2.43. The second-order valence-electron chi connectivity index (χ2n) is 5.72. The van der Waals surface area contributed by atoms with E-state index in [1.54, 1.807) is 32.9 Å². The third-order valence-electron chi connectivity index (χ3n) is 2.77. The average Bonchev–Trinajstić information content (AvgIpc) is 2.81. The maximum absolute atomic E-state index is 12.1. The number of rotatable bonds is 4. The fraction of sp³-hybridized carbons (Fsp3) is 0.643. The molecule has 0 radical (unpaired) electrons. The molecule has 0 bridgehead atoms. The highest BCUT2D eigenvalue weighted by molar-refractivity contribution is 5.83. The lowest BCUT2D eigenvalue weighted by atomic mass is 10.1. The molecular weight excluding hydrogens is 258 g/mol. The van der Waals surface area contributed by atoms with Crippen molar-refractivity contribution in [3.8, 4) is 6.07 Å². The summed E-state index contributed by atoms with van der Waals surface area (Å²) >= 11 is 0. The van der Waals surface area contributed by atoms with E-state index in [1.807, 2.05) is 6.07 Å². The van der Waals surface area contributed by atoms with Crippen LogP contribution in [0.5, 0.6) is 0 Å². The van der Waals surface area contributed by atoms with Gasteiger partial charge in [0.05, 0.1) is 12.1 Å². The number of nitriles is 1. The van der Waals surface area contributed by atoms with E-state index in [9.17, 15) is 9.59 Å². The summed E-state index contributed by atoms with van der Waals surface area (Å²) in [5.41, 5.74) is 5.24. The van der Waals surface area contributed by atoms with Crippen LogP contribution in [0, 0.1) is 11.3 Å². The van der Waals surface area contributed by atoms with Crippen molar-refractivity contribution in [3.05, 3.63) is 12.2 Å². The Morgan fingerprint density at radius 3 is 2.75 bits per heavy atom.